The van der Waals surface area contributed by atoms with Crippen LogP contribution in [-0.4, -0.2) is 69.8 Å². The van der Waals surface area contributed by atoms with Gasteiger partial charge in [0.2, 0.25) is 17.7 Å². The number of thiol groups is 1. The third-order valence-corrected chi connectivity index (χ3v) is 5.90. The number of nitrogens with one attached hydrogen (secondary N) is 3. The molecule has 5 atom stereocenters. The van der Waals surface area contributed by atoms with E-state index in [2.05, 4.69) is 28.6 Å². The van der Waals surface area contributed by atoms with Gasteiger partial charge in [-0.15, -0.1) is 0 Å². The highest BCUT2D eigenvalue weighted by molar-refractivity contribution is 7.80. The van der Waals surface area contributed by atoms with Crippen LogP contribution in [0.5, 0.6) is 0 Å². The van der Waals surface area contributed by atoms with E-state index >= 15 is 0 Å². The first-order valence-electron chi connectivity index (χ1n) is 11.3. The van der Waals surface area contributed by atoms with Crippen molar-refractivity contribution in [1.82, 2.24) is 16.0 Å². The van der Waals surface area contributed by atoms with Crippen LogP contribution < -0.4 is 21.7 Å². The lowest BCUT2D eigenvalue weighted by atomic mass is 9.96. The number of amides is 3. The van der Waals surface area contributed by atoms with Crippen LogP contribution in [0.2, 0.25) is 0 Å². The minimum absolute atomic E-state index is 0.0427. The van der Waals surface area contributed by atoms with Crippen molar-refractivity contribution in [1.29, 1.82) is 0 Å². The van der Waals surface area contributed by atoms with Crippen LogP contribution in [0.25, 0.3) is 0 Å². The highest BCUT2D eigenvalue weighted by Crippen LogP contribution is 2.11. The van der Waals surface area contributed by atoms with Crippen LogP contribution in [0.3, 0.4) is 0 Å². The van der Waals surface area contributed by atoms with Gasteiger partial charge in [0.25, 0.3) is 0 Å². The summed E-state index contributed by atoms with van der Waals surface area (Å²) in [5.74, 6) is -4.81. The molecule has 11 nitrogen and oxygen atoms in total. The molecule has 0 bridgehead atoms. The van der Waals surface area contributed by atoms with Gasteiger partial charge < -0.3 is 31.9 Å². The van der Waals surface area contributed by atoms with Gasteiger partial charge >= 0.3 is 11.9 Å². The zero-order valence-corrected chi connectivity index (χ0v) is 20.7. The van der Waals surface area contributed by atoms with Gasteiger partial charge in [-0.25, -0.2) is 4.79 Å². The number of rotatable bonds is 15. The second kappa shape index (κ2) is 15.0. The molecule has 3 amide bonds. The second-order valence-corrected chi connectivity index (χ2v) is 8.61. The lowest BCUT2D eigenvalue weighted by Crippen LogP contribution is -2.59. The zero-order valence-electron chi connectivity index (χ0n) is 19.8. The molecule has 12 heteroatoms. The highest BCUT2D eigenvalue weighted by atomic mass is 32.1. The molecule has 194 valence electrons. The van der Waals surface area contributed by atoms with E-state index in [-0.39, 0.29) is 24.5 Å². The Morgan fingerprint density at radius 2 is 1.54 bits per heavy atom. The molecule has 0 aliphatic heterocycles. The number of carbonyl (C=O) groups is 5. The number of nitrogens with two attached hydrogens (primary N) is 1. The fourth-order valence-corrected chi connectivity index (χ4v) is 3.33. The number of carboxylic acid groups (broad SMARTS) is 2. The molecule has 1 rings (SSSR count). The summed E-state index contributed by atoms with van der Waals surface area (Å²) < 4.78 is 0. The fourth-order valence-electron chi connectivity index (χ4n) is 3.16. The number of aliphatic carboxylic acids is 2. The maximum atomic E-state index is 13.2. The van der Waals surface area contributed by atoms with E-state index in [1.54, 1.807) is 37.3 Å². The zero-order chi connectivity index (χ0) is 26.5. The highest BCUT2D eigenvalue weighted by Gasteiger charge is 2.32. The minimum atomic E-state index is -1.45. The number of hydrogen-bond donors (Lipinski definition) is 7. The van der Waals surface area contributed by atoms with Gasteiger partial charge in [-0.3, -0.25) is 19.2 Å². The summed E-state index contributed by atoms with van der Waals surface area (Å²) in [5.41, 5.74) is 6.41. The van der Waals surface area contributed by atoms with Crippen LogP contribution in [0.15, 0.2) is 30.3 Å². The van der Waals surface area contributed by atoms with Crippen molar-refractivity contribution >= 4 is 42.3 Å². The summed E-state index contributed by atoms with van der Waals surface area (Å²) in [6.45, 7) is 3.60. The van der Waals surface area contributed by atoms with Crippen LogP contribution in [0.4, 0.5) is 0 Å². The minimum Gasteiger partial charge on any atom is -0.481 e. The Balaban J connectivity index is 3.13. The number of carboxylic acids is 2. The van der Waals surface area contributed by atoms with Crippen LogP contribution >= 0.6 is 12.6 Å². The SMILES string of the molecule is CCC(C)C(NC(=O)C(N)CS)C(=O)NC(Cc1ccccc1)C(=O)NC(CCC(=O)O)C(=O)O. The first kappa shape index (κ1) is 29.9. The van der Waals surface area contributed by atoms with Crippen molar-refractivity contribution in [3.63, 3.8) is 0 Å². The van der Waals surface area contributed by atoms with Crippen LogP contribution in [0.1, 0.15) is 38.7 Å². The maximum Gasteiger partial charge on any atom is 0.326 e. The molecule has 0 fully saturated rings. The largest absolute Gasteiger partial charge is 0.481 e. The summed E-state index contributed by atoms with van der Waals surface area (Å²) >= 11 is 4.00. The van der Waals surface area contributed by atoms with E-state index in [4.69, 9.17) is 10.8 Å². The lowest BCUT2D eigenvalue weighted by Gasteiger charge is -2.28. The molecule has 0 aliphatic rings. The average Bonchev–Trinajstić information content (AvgIpc) is 2.83. The number of carbonyl (C=O) groups excluding carboxylic acids is 3. The van der Waals surface area contributed by atoms with Crippen molar-refractivity contribution in [2.24, 2.45) is 11.7 Å². The monoisotopic (exact) mass is 510 g/mol. The fraction of sp³-hybridized carbons (Fsp3) is 0.522. The van der Waals surface area contributed by atoms with Gasteiger partial charge in [-0.1, -0.05) is 50.6 Å². The molecule has 0 aromatic heterocycles. The molecule has 0 aliphatic carbocycles. The molecule has 0 radical (unpaired) electrons. The molecular formula is C23H34N4O7S. The summed E-state index contributed by atoms with van der Waals surface area (Å²) in [6.07, 6.45) is -0.197. The third kappa shape index (κ3) is 10.4. The van der Waals surface area contributed by atoms with Gasteiger partial charge in [0.1, 0.15) is 18.1 Å². The van der Waals surface area contributed by atoms with Crippen molar-refractivity contribution in [2.45, 2.75) is 63.7 Å². The molecule has 7 N–H and O–H groups in total. The van der Waals surface area contributed by atoms with E-state index in [0.717, 1.165) is 0 Å². The molecular weight excluding hydrogens is 476 g/mol. The van der Waals surface area contributed by atoms with Gasteiger partial charge in [0, 0.05) is 18.6 Å². The number of benzene rings is 1. The Hall–Kier alpha value is -3.12. The van der Waals surface area contributed by atoms with Gasteiger partial charge in [0.15, 0.2) is 0 Å². The average molecular weight is 511 g/mol. The lowest BCUT2D eigenvalue weighted by molar-refractivity contribution is -0.143. The normalized spacial score (nSPS) is 15.1. The Bertz CT molecular complexity index is 884. The quantitative estimate of drug-likeness (QED) is 0.160. The first-order chi connectivity index (χ1) is 16.5. The third-order valence-electron chi connectivity index (χ3n) is 5.50. The smallest absolute Gasteiger partial charge is 0.326 e. The second-order valence-electron chi connectivity index (χ2n) is 8.24. The molecule has 0 spiro atoms. The van der Waals surface area contributed by atoms with E-state index in [1.165, 1.54) is 0 Å². The summed E-state index contributed by atoms with van der Waals surface area (Å²) in [4.78, 5) is 60.9. The van der Waals surface area contributed by atoms with E-state index in [0.29, 0.717) is 12.0 Å². The van der Waals surface area contributed by atoms with Crippen LogP contribution in [-0.2, 0) is 30.4 Å². The van der Waals surface area contributed by atoms with Crippen LogP contribution in [0, 0.1) is 5.92 Å². The predicted molar refractivity (Wildman–Crippen MR) is 132 cm³/mol. The summed E-state index contributed by atoms with van der Waals surface area (Å²) in [7, 11) is 0. The molecule has 0 saturated carbocycles. The van der Waals surface area contributed by atoms with E-state index < -0.39 is 60.2 Å². The Labute approximate surface area is 209 Å². The van der Waals surface area contributed by atoms with E-state index in [9.17, 15) is 29.1 Å². The molecule has 1 aromatic carbocycles. The molecule has 0 heterocycles. The van der Waals surface area contributed by atoms with Gasteiger partial charge in [0.05, 0.1) is 6.04 Å². The Kier molecular flexibility index (Phi) is 12.8. The van der Waals surface area contributed by atoms with E-state index in [1.807, 2.05) is 6.92 Å². The van der Waals surface area contributed by atoms with Crippen molar-refractivity contribution in [2.75, 3.05) is 5.75 Å². The predicted octanol–water partition coefficient (Wildman–Crippen LogP) is -0.0639. The van der Waals surface area contributed by atoms with Crippen molar-refractivity contribution in [3.8, 4) is 0 Å². The summed E-state index contributed by atoms with van der Waals surface area (Å²) in [5, 5.41) is 25.8. The standard InChI is InChI=1S/C23H34N4O7S/c1-3-13(2)19(27-20(30)15(24)12-35)22(32)26-17(11-14-7-5-4-6-8-14)21(31)25-16(23(33)34)9-10-18(28)29/h4-8,13,15-17,19,35H,3,9-12,24H2,1-2H3,(H,25,31)(H,26,32)(H,27,30)(H,28,29)(H,33,34). The Morgan fingerprint density at radius 3 is 2.06 bits per heavy atom. The Morgan fingerprint density at radius 1 is 0.943 bits per heavy atom. The molecule has 5 unspecified atom stereocenters. The molecule has 0 saturated heterocycles. The molecule has 1 aromatic rings. The summed E-state index contributed by atoms with van der Waals surface area (Å²) in [6, 6.07) is 4.21. The maximum absolute atomic E-state index is 13.2. The van der Waals surface area contributed by atoms with Gasteiger partial charge in [-0.2, -0.15) is 12.6 Å². The first-order valence-corrected chi connectivity index (χ1v) is 11.9. The molecule has 35 heavy (non-hydrogen) atoms. The topological polar surface area (TPSA) is 188 Å². The number of hydrogen-bond acceptors (Lipinski definition) is 7. The van der Waals surface area contributed by atoms with Crippen molar-refractivity contribution < 1.29 is 34.2 Å². The van der Waals surface area contributed by atoms with Gasteiger partial charge in [-0.05, 0) is 17.9 Å². The van der Waals surface area contributed by atoms with Crippen molar-refractivity contribution in [3.05, 3.63) is 35.9 Å².